The number of ether oxygens (including phenoxy) is 1. The number of morpholine rings is 1. The van der Waals surface area contributed by atoms with Gasteiger partial charge in [-0.25, -0.2) is 4.98 Å². The minimum atomic E-state index is 0.461. The monoisotopic (exact) mass is 347 g/mol. The molecule has 1 aliphatic rings. The first-order valence-corrected chi connectivity index (χ1v) is 8.29. The van der Waals surface area contributed by atoms with Gasteiger partial charge in [0.15, 0.2) is 5.11 Å². The van der Waals surface area contributed by atoms with Gasteiger partial charge in [-0.1, -0.05) is 0 Å². The Morgan fingerprint density at radius 1 is 1.25 bits per heavy atom. The smallest absolute Gasteiger partial charge is 0.231 e. The largest absolute Gasteiger partial charge is 0.465 e. The normalized spacial score (nSPS) is 14.5. The Morgan fingerprint density at radius 2 is 2.04 bits per heavy atom. The Morgan fingerprint density at radius 3 is 2.75 bits per heavy atom. The van der Waals surface area contributed by atoms with Crippen LogP contribution in [0.5, 0.6) is 0 Å². The summed E-state index contributed by atoms with van der Waals surface area (Å²) >= 11 is 5.31. The lowest BCUT2D eigenvalue weighted by atomic mass is 10.3. The van der Waals surface area contributed by atoms with Crippen LogP contribution in [0.4, 0.5) is 11.8 Å². The first-order chi connectivity index (χ1) is 11.6. The predicted molar refractivity (Wildman–Crippen MR) is 96.3 cm³/mol. The molecule has 7 nitrogen and oxygen atoms in total. The zero-order valence-corrected chi connectivity index (χ0v) is 14.7. The minimum Gasteiger partial charge on any atom is -0.465 e. The van der Waals surface area contributed by atoms with E-state index in [1.165, 1.54) is 0 Å². The lowest BCUT2D eigenvalue weighted by molar-refractivity contribution is 0.122. The topological polar surface area (TPSA) is 75.5 Å². The number of aromatic nitrogens is 2. The third kappa shape index (κ3) is 4.42. The van der Waals surface area contributed by atoms with E-state index in [4.69, 9.17) is 21.4 Å². The molecule has 2 aromatic heterocycles. The Bertz CT molecular complexity index is 712. The fourth-order valence-electron chi connectivity index (χ4n) is 2.46. The van der Waals surface area contributed by atoms with E-state index in [9.17, 15) is 0 Å². The van der Waals surface area contributed by atoms with E-state index in [-0.39, 0.29) is 0 Å². The molecule has 2 N–H and O–H groups in total. The summed E-state index contributed by atoms with van der Waals surface area (Å²) in [5.74, 6) is 3.08. The average Bonchev–Trinajstić information content (AvgIpc) is 2.99. The maximum absolute atomic E-state index is 5.50. The molecule has 1 fully saturated rings. The zero-order valence-electron chi connectivity index (χ0n) is 13.8. The summed E-state index contributed by atoms with van der Waals surface area (Å²) in [5.41, 5.74) is 0.887. The lowest BCUT2D eigenvalue weighted by Gasteiger charge is -2.28. The third-order valence-electron chi connectivity index (χ3n) is 3.62. The van der Waals surface area contributed by atoms with Crippen LogP contribution in [0.1, 0.15) is 17.2 Å². The van der Waals surface area contributed by atoms with Gasteiger partial charge >= 0.3 is 0 Å². The summed E-state index contributed by atoms with van der Waals surface area (Å²) in [4.78, 5) is 11.1. The van der Waals surface area contributed by atoms with Crippen LogP contribution in [-0.4, -0.2) is 41.4 Å². The second-order valence-corrected chi connectivity index (χ2v) is 6.02. The molecule has 3 rings (SSSR count). The molecule has 8 heteroatoms. The number of anilines is 2. The van der Waals surface area contributed by atoms with Crippen LogP contribution in [0.15, 0.2) is 22.6 Å². The Balaban J connectivity index is 1.61. The summed E-state index contributed by atoms with van der Waals surface area (Å²) in [6.07, 6.45) is 0. The van der Waals surface area contributed by atoms with Crippen molar-refractivity contribution in [1.82, 2.24) is 15.3 Å². The Hall–Kier alpha value is -2.19. The molecule has 1 aliphatic heterocycles. The maximum atomic E-state index is 5.50. The number of hydrogen-bond donors (Lipinski definition) is 2. The molecule has 0 radical (unpaired) electrons. The molecule has 24 heavy (non-hydrogen) atoms. The van der Waals surface area contributed by atoms with Gasteiger partial charge in [0.05, 0.1) is 19.8 Å². The van der Waals surface area contributed by atoms with Gasteiger partial charge in [-0.05, 0) is 38.2 Å². The van der Waals surface area contributed by atoms with E-state index < -0.39 is 0 Å². The van der Waals surface area contributed by atoms with Crippen molar-refractivity contribution in [3.8, 4) is 0 Å². The number of nitrogens with zero attached hydrogens (tertiary/aromatic N) is 3. The van der Waals surface area contributed by atoms with Gasteiger partial charge in [0.2, 0.25) is 5.95 Å². The van der Waals surface area contributed by atoms with Crippen LogP contribution in [0.2, 0.25) is 0 Å². The highest BCUT2D eigenvalue weighted by atomic mass is 32.1. The summed E-state index contributed by atoms with van der Waals surface area (Å²) < 4.78 is 10.9. The minimum absolute atomic E-state index is 0.461. The second-order valence-electron chi connectivity index (χ2n) is 5.61. The molecular weight excluding hydrogens is 326 g/mol. The van der Waals surface area contributed by atoms with Gasteiger partial charge in [-0.15, -0.1) is 0 Å². The number of hydrogen-bond acceptors (Lipinski definition) is 6. The molecule has 0 saturated carbocycles. The van der Waals surface area contributed by atoms with Crippen molar-refractivity contribution < 1.29 is 9.15 Å². The molecule has 0 aliphatic carbocycles. The number of furan rings is 1. The van der Waals surface area contributed by atoms with Crippen molar-refractivity contribution in [1.29, 1.82) is 0 Å². The molecule has 0 aromatic carbocycles. The first-order valence-electron chi connectivity index (χ1n) is 7.89. The predicted octanol–water partition coefficient (Wildman–Crippen LogP) is 2.01. The number of nitrogens with one attached hydrogen (secondary N) is 2. The number of aryl methyl sites for hydroxylation is 2. The van der Waals surface area contributed by atoms with Crippen molar-refractivity contribution in [2.24, 2.45) is 0 Å². The van der Waals surface area contributed by atoms with Crippen molar-refractivity contribution in [3.05, 3.63) is 35.4 Å². The van der Waals surface area contributed by atoms with Crippen molar-refractivity contribution in [2.45, 2.75) is 20.4 Å². The van der Waals surface area contributed by atoms with E-state index >= 15 is 0 Å². The molecule has 3 heterocycles. The highest BCUT2D eigenvalue weighted by Crippen LogP contribution is 2.16. The van der Waals surface area contributed by atoms with Crippen LogP contribution in [0.25, 0.3) is 0 Å². The van der Waals surface area contributed by atoms with Gasteiger partial charge < -0.3 is 24.7 Å². The van der Waals surface area contributed by atoms with E-state index in [2.05, 4.69) is 25.5 Å². The average molecular weight is 347 g/mol. The quantitative estimate of drug-likeness (QED) is 0.814. The fraction of sp³-hybridized carbons (Fsp3) is 0.438. The first kappa shape index (κ1) is 16.7. The molecule has 0 bridgehead atoms. The summed E-state index contributed by atoms with van der Waals surface area (Å²) in [5, 5.41) is 6.59. The highest BCUT2D eigenvalue weighted by Gasteiger charge is 2.14. The zero-order chi connectivity index (χ0) is 16.9. The van der Waals surface area contributed by atoms with Crippen LogP contribution < -0.4 is 15.5 Å². The van der Waals surface area contributed by atoms with Crippen LogP contribution >= 0.6 is 12.2 Å². The molecule has 0 amide bonds. The van der Waals surface area contributed by atoms with Crippen LogP contribution in [-0.2, 0) is 11.3 Å². The third-order valence-corrected chi connectivity index (χ3v) is 3.87. The molecule has 0 unspecified atom stereocenters. The molecule has 0 atom stereocenters. The van der Waals surface area contributed by atoms with Crippen molar-refractivity contribution in [3.63, 3.8) is 0 Å². The number of thiocarbonyl (C=S) groups is 1. The van der Waals surface area contributed by atoms with Gasteiger partial charge in [0, 0.05) is 24.8 Å². The van der Waals surface area contributed by atoms with Crippen LogP contribution in [0, 0.1) is 13.8 Å². The van der Waals surface area contributed by atoms with Gasteiger partial charge in [-0.2, -0.15) is 4.98 Å². The highest BCUT2D eigenvalue weighted by molar-refractivity contribution is 7.80. The van der Waals surface area contributed by atoms with Gasteiger partial charge in [0.25, 0.3) is 0 Å². The Labute approximate surface area is 146 Å². The standard InChI is InChI=1S/C16H21N5O2S/c1-11-9-14(21-5-7-22-8-6-21)19-15(18-11)20-16(24)17-10-13-4-3-12(2)23-13/h3-4,9H,5-8,10H2,1-2H3,(H2,17,18,19,20,24). The summed E-state index contributed by atoms with van der Waals surface area (Å²) in [6, 6.07) is 5.81. The lowest BCUT2D eigenvalue weighted by Crippen LogP contribution is -2.37. The second kappa shape index (κ2) is 7.59. The summed E-state index contributed by atoms with van der Waals surface area (Å²) in [6.45, 7) is 7.46. The van der Waals surface area contributed by atoms with Crippen LogP contribution in [0.3, 0.4) is 0 Å². The van der Waals surface area contributed by atoms with E-state index in [0.29, 0.717) is 30.8 Å². The van der Waals surface area contributed by atoms with E-state index in [1.807, 2.05) is 32.0 Å². The molecule has 0 spiro atoms. The van der Waals surface area contributed by atoms with Gasteiger partial charge in [-0.3, -0.25) is 0 Å². The maximum Gasteiger partial charge on any atom is 0.231 e. The molecule has 1 saturated heterocycles. The van der Waals surface area contributed by atoms with E-state index in [0.717, 1.165) is 36.1 Å². The van der Waals surface area contributed by atoms with Crippen molar-refractivity contribution in [2.75, 3.05) is 36.5 Å². The van der Waals surface area contributed by atoms with Gasteiger partial charge in [0.1, 0.15) is 17.3 Å². The molecule has 128 valence electrons. The summed E-state index contributed by atoms with van der Waals surface area (Å²) in [7, 11) is 0. The molecular formula is C16H21N5O2S. The van der Waals surface area contributed by atoms with Crippen molar-refractivity contribution >= 4 is 29.1 Å². The SMILES string of the molecule is Cc1cc(N2CCOCC2)nc(NC(=S)NCc2ccc(C)o2)n1. The van der Waals surface area contributed by atoms with E-state index in [1.54, 1.807) is 0 Å². The molecule has 2 aromatic rings. The Kier molecular flexibility index (Phi) is 5.27. The number of rotatable bonds is 4. The fourth-order valence-corrected chi connectivity index (χ4v) is 2.62.